The second-order valence-corrected chi connectivity index (χ2v) is 31.0. The van der Waals surface area contributed by atoms with Gasteiger partial charge in [0.15, 0.2) is 0 Å². The van der Waals surface area contributed by atoms with Gasteiger partial charge >= 0.3 is 0 Å². The van der Waals surface area contributed by atoms with Crippen LogP contribution in [0.5, 0.6) is 0 Å². The fourth-order valence-corrected chi connectivity index (χ4v) is 14.6. The number of benzene rings is 7. The van der Waals surface area contributed by atoms with Crippen LogP contribution in [0.25, 0.3) is 11.1 Å². The van der Waals surface area contributed by atoms with E-state index in [0.29, 0.717) is 0 Å². The molecule has 0 bridgehead atoms. The molecule has 78 heavy (non-hydrogen) atoms. The molecule has 7 aromatic carbocycles. The van der Waals surface area contributed by atoms with Crippen molar-refractivity contribution in [2.24, 2.45) is 10.8 Å². The maximum absolute atomic E-state index is 2.84. The van der Waals surface area contributed by atoms with Crippen LogP contribution in [-0.4, -0.2) is 12.3 Å². The zero-order valence-electron chi connectivity index (χ0n) is 51.6. The van der Waals surface area contributed by atoms with Crippen molar-refractivity contribution in [3.8, 4) is 11.1 Å². The summed E-state index contributed by atoms with van der Waals surface area (Å²) in [5, 5.41) is 0. The van der Waals surface area contributed by atoms with Crippen LogP contribution in [0.3, 0.4) is 0 Å². The van der Waals surface area contributed by atoms with Gasteiger partial charge in [0.05, 0.1) is 11.2 Å². The average molecular weight is 1030 g/mol. The lowest BCUT2D eigenvalue weighted by Crippen LogP contribution is -2.69. The van der Waals surface area contributed by atoms with Gasteiger partial charge in [-0.3, -0.25) is 0 Å². The van der Waals surface area contributed by atoms with E-state index in [1.54, 1.807) is 0 Å². The van der Waals surface area contributed by atoms with Gasteiger partial charge in [-0.05, 0) is 174 Å². The van der Waals surface area contributed by atoms with E-state index >= 15 is 0 Å². The lowest BCUT2D eigenvalue weighted by atomic mass is 9.33. The zero-order chi connectivity index (χ0) is 56.5. The van der Waals surface area contributed by atoms with E-state index in [-0.39, 0.29) is 55.6 Å². The van der Waals surface area contributed by atoms with Crippen LogP contribution in [0.15, 0.2) is 140 Å². The fourth-order valence-electron chi connectivity index (χ4n) is 14.6. The maximum atomic E-state index is 2.84. The maximum Gasteiger partial charge on any atom is 0.252 e. The Labute approximate surface area is 472 Å². The van der Waals surface area contributed by atoms with E-state index in [1.807, 2.05) is 0 Å². The predicted octanol–water partition coefficient (Wildman–Crippen LogP) is 18.9. The molecule has 7 aromatic rings. The molecule has 0 spiro atoms. The fraction of sp³-hybridized carbons (Fsp3) is 0.432. The molecule has 11 rings (SSSR count). The summed E-state index contributed by atoms with van der Waals surface area (Å²) in [5.41, 5.74) is 24.1. The van der Waals surface area contributed by atoms with Crippen molar-refractivity contribution < 1.29 is 0 Å². The lowest BCUT2D eigenvalue weighted by molar-refractivity contribution is -0.0415. The summed E-state index contributed by atoms with van der Waals surface area (Å²) in [6.07, 6.45) is 2.33. The average Bonchev–Trinajstić information content (AvgIpc) is 2.33. The molecule has 1 aliphatic carbocycles. The topological polar surface area (TPSA) is 9.72 Å². The van der Waals surface area contributed by atoms with Crippen LogP contribution in [0.1, 0.15) is 192 Å². The second kappa shape index (κ2) is 17.3. The first-order valence-electron chi connectivity index (χ1n) is 29.4. The molecule has 1 fully saturated rings. The summed E-state index contributed by atoms with van der Waals surface area (Å²) < 4.78 is 0. The quantitative estimate of drug-likeness (QED) is 0.163. The molecule has 4 aliphatic rings. The highest BCUT2D eigenvalue weighted by atomic mass is 15.3. The van der Waals surface area contributed by atoms with E-state index in [2.05, 4.69) is 300 Å². The monoisotopic (exact) mass is 1030 g/mol. The summed E-state index contributed by atoms with van der Waals surface area (Å²) in [5.74, 6) is 0. The molecule has 0 saturated heterocycles. The van der Waals surface area contributed by atoms with E-state index in [4.69, 9.17) is 0 Å². The van der Waals surface area contributed by atoms with Crippen molar-refractivity contribution in [2.45, 2.75) is 196 Å². The minimum Gasteiger partial charge on any atom is -0.334 e. The van der Waals surface area contributed by atoms with Gasteiger partial charge in [-0.25, -0.2) is 0 Å². The highest BCUT2D eigenvalue weighted by molar-refractivity contribution is 7.00. The first-order chi connectivity index (χ1) is 36.1. The van der Waals surface area contributed by atoms with Crippen molar-refractivity contribution in [1.82, 2.24) is 0 Å². The molecular formula is C74H90BN3. The van der Waals surface area contributed by atoms with Gasteiger partial charge in [0.2, 0.25) is 0 Å². The van der Waals surface area contributed by atoms with E-state index in [0.717, 1.165) is 6.42 Å². The van der Waals surface area contributed by atoms with Crippen LogP contribution in [-0.2, 0) is 32.5 Å². The van der Waals surface area contributed by atoms with E-state index in [1.165, 1.54) is 113 Å². The Kier molecular flexibility index (Phi) is 11.9. The van der Waals surface area contributed by atoms with Crippen LogP contribution in [0, 0.1) is 10.8 Å². The predicted molar refractivity (Wildman–Crippen MR) is 341 cm³/mol. The minimum atomic E-state index is -0.258. The molecular weight excluding hydrogens is 942 g/mol. The second-order valence-electron chi connectivity index (χ2n) is 31.0. The normalized spacial score (nSPS) is 20.5. The Morgan fingerprint density at radius 1 is 0.372 bits per heavy atom. The van der Waals surface area contributed by atoms with Gasteiger partial charge in [0.1, 0.15) is 0 Å². The molecule has 3 aliphatic heterocycles. The molecule has 404 valence electrons. The number of anilines is 8. The molecule has 3 heterocycles. The number of nitrogens with zero attached hydrogens (tertiary/aromatic N) is 3. The molecule has 1 saturated carbocycles. The van der Waals surface area contributed by atoms with Crippen molar-refractivity contribution in [1.29, 1.82) is 0 Å². The Morgan fingerprint density at radius 3 is 1.44 bits per heavy atom. The summed E-state index contributed by atoms with van der Waals surface area (Å²) in [7, 11) is 0. The Hall–Kier alpha value is -6.00. The molecule has 0 N–H and O–H groups in total. The van der Waals surface area contributed by atoms with Gasteiger partial charge in [0.25, 0.3) is 6.71 Å². The molecule has 0 amide bonds. The summed E-state index contributed by atoms with van der Waals surface area (Å²) >= 11 is 0. The van der Waals surface area contributed by atoms with E-state index < -0.39 is 0 Å². The highest BCUT2D eigenvalue weighted by Crippen LogP contribution is 2.71. The SMILES string of the molecule is CC(C)(C)c1ccc(N2c3cc(N4c5ccc(C(C)(C)C)cc5C5(C)C(C)(C)CCC(C)(C)C45C)ccc3B3c4cc(C(C)(C)C)ccc4N(c4ccc(C(C)(C)C)cc4-c4ccccc4)c4cc(C(C)(C)C)cc2c43)cc1. The number of hydrogen-bond donors (Lipinski definition) is 0. The minimum absolute atomic E-state index is 0.00849. The molecule has 2 unspecified atom stereocenters. The standard InChI is InChI=1S/C74H90BN3/c1-66(2,3)48-27-32-53(33-28-48)76-62-46-54(78-60-37-30-50(68(7,8)9)42-56(60)73(20)71(16,17)39-40-72(18,19)74(73,78)21)34-35-57(62)75-58-43-51(69(10,11)12)31-38-61(58)77(64-45-52(70(13,14)15)44-63(76)65(64)75)59-36-29-49(67(4,5)6)41-55(59)47-25-23-22-24-26-47/h22-38,41-46H,39-40H2,1-21H3. The summed E-state index contributed by atoms with van der Waals surface area (Å²) in [6.45, 7) is 50.9. The Balaban J connectivity index is 1.26. The number of rotatable bonds is 4. The van der Waals surface area contributed by atoms with Gasteiger partial charge < -0.3 is 14.7 Å². The Bertz CT molecular complexity index is 3520. The van der Waals surface area contributed by atoms with Crippen LogP contribution in [0.2, 0.25) is 0 Å². The van der Waals surface area contributed by atoms with Crippen molar-refractivity contribution in [3.05, 3.63) is 173 Å². The molecule has 0 radical (unpaired) electrons. The van der Waals surface area contributed by atoms with Crippen molar-refractivity contribution >= 4 is 68.6 Å². The summed E-state index contributed by atoms with van der Waals surface area (Å²) in [4.78, 5) is 8.16. The van der Waals surface area contributed by atoms with Crippen LogP contribution in [0.4, 0.5) is 45.5 Å². The molecule has 3 nitrogen and oxygen atoms in total. The smallest absolute Gasteiger partial charge is 0.252 e. The lowest BCUT2D eigenvalue weighted by Gasteiger charge is -2.65. The third kappa shape index (κ3) is 8.01. The molecule has 2 atom stereocenters. The third-order valence-corrected chi connectivity index (χ3v) is 20.3. The van der Waals surface area contributed by atoms with Gasteiger partial charge in [-0.1, -0.05) is 217 Å². The van der Waals surface area contributed by atoms with Gasteiger partial charge in [-0.15, -0.1) is 0 Å². The van der Waals surface area contributed by atoms with Crippen LogP contribution >= 0.6 is 0 Å². The molecule has 4 heteroatoms. The van der Waals surface area contributed by atoms with Crippen LogP contribution < -0.4 is 31.1 Å². The number of fused-ring (bicyclic) bond motifs is 7. The first-order valence-corrected chi connectivity index (χ1v) is 29.4. The van der Waals surface area contributed by atoms with Gasteiger partial charge in [-0.2, -0.15) is 0 Å². The zero-order valence-corrected chi connectivity index (χ0v) is 51.6. The third-order valence-electron chi connectivity index (χ3n) is 20.3. The van der Waals surface area contributed by atoms with Gasteiger partial charge in [0, 0.05) is 50.8 Å². The largest absolute Gasteiger partial charge is 0.334 e. The summed E-state index contributed by atoms with van der Waals surface area (Å²) in [6, 6.07) is 55.8. The van der Waals surface area contributed by atoms with Crippen molar-refractivity contribution in [2.75, 3.05) is 14.7 Å². The molecule has 0 aromatic heterocycles. The van der Waals surface area contributed by atoms with E-state index in [9.17, 15) is 0 Å². The number of hydrogen-bond acceptors (Lipinski definition) is 3. The van der Waals surface area contributed by atoms with Crippen molar-refractivity contribution in [3.63, 3.8) is 0 Å². The first kappa shape index (κ1) is 54.0. The highest BCUT2D eigenvalue weighted by Gasteiger charge is 2.70. The Morgan fingerprint density at radius 2 is 0.859 bits per heavy atom.